The van der Waals surface area contributed by atoms with Gasteiger partial charge in [-0.05, 0) is 50.5 Å². The Morgan fingerprint density at radius 1 is 1.15 bits per heavy atom. The molecule has 8 heteroatoms. The summed E-state index contributed by atoms with van der Waals surface area (Å²) in [7, 11) is -3.25. The van der Waals surface area contributed by atoms with E-state index in [0.29, 0.717) is 18.7 Å². The number of nitrogens with one attached hydrogen (secondary N) is 1. The number of benzene rings is 1. The Balaban J connectivity index is 1.58. The molecule has 1 amide bonds. The highest BCUT2D eigenvalue weighted by Gasteiger charge is 2.28. The first kappa shape index (κ1) is 18.7. The summed E-state index contributed by atoms with van der Waals surface area (Å²) in [6.07, 6.45) is 3.87. The monoisotopic (exact) mass is 380 g/mol. The average molecular weight is 380 g/mol. The maximum absolute atomic E-state index is 12.2. The molecule has 0 bridgehead atoms. The van der Waals surface area contributed by atoms with Crippen LogP contribution in [0.25, 0.3) is 0 Å². The van der Waals surface area contributed by atoms with Crippen LogP contribution in [0.1, 0.15) is 49.4 Å². The highest BCUT2D eigenvalue weighted by molar-refractivity contribution is 7.93. The van der Waals surface area contributed by atoms with Crippen LogP contribution in [-0.2, 0) is 19.6 Å². The SMILES string of the molecule is C[C@@H](OC(=O)c1ccc(N2CCCS2(=O)=O)cc1)C(=O)NC1CCCC1. The number of rotatable bonds is 5. The zero-order valence-electron chi connectivity index (χ0n) is 14.8. The minimum atomic E-state index is -3.25. The van der Waals surface area contributed by atoms with E-state index in [1.54, 1.807) is 19.1 Å². The van der Waals surface area contributed by atoms with Gasteiger partial charge in [-0.15, -0.1) is 0 Å². The Kier molecular flexibility index (Phi) is 5.50. The summed E-state index contributed by atoms with van der Waals surface area (Å²) in [5, 5.41) is 2.90. The topological polar surface area (TPSA) is 92.8 Å². The van der Waals surface area contributed by atoms with Crippen molar-refractivity contribution in [1.82, 2.24) is 5.32 Å². The van der Waals surface area contributed by atoms with Gasteiger partial charge in [0.2, 0.25) is 10.0 Å². The van der Waals surface area contributed by atoms with Crippen LogP contribution in [0.5, 0.6) is 0 Å². The summed E-state index contributed by atoms with van der Waals surface area (Å²) in [5.41, 5.74) is 0.817. The highest BCUT2D eigenvalue weighted by atomic mass is 32.2. The zero-order chi connectivity index (χ0) is 18.7. The Bertz CT molecular complexity index is 769. The standard InChI is InChI=1S/C18H24N2O5S/c1-13(17(21)19-15-5-2-3-6-15)25-18(22)14-7-9-16(10-8-14)20-11-4-12-26(20,23)24/h7-10,13,15H,2-6,11-12H2,1H3,(H,19,21)/t13-/m1/s1. The van der Waals surface area contributed by atoms with E-state index in [1.165, 1.54) is 16.4 Å². The number of carbonyl (C=O) groups is 2. The van der Waals surface area contributed by atoms with E-state index in [2.05, 4.69) is 5.32 Å². The molecule has 26 heavy (non-hydrogen) atoms. The molecule has 1 aromatic rings. The summed E-state index contributed by atoms with van der Waals surface area (Å²) in [6.45, 7) is 2.00. The molecule has 1 aromatic carbocycles. The van der Waals surface area contributed by atoms with Crippen LogP contribution in [0, 0.1) is 0 Å². The van der Waals surface area contributed by atoms with Crippen LogP contribution in [0.2, 0.25) is 0 Å². The third-order valence-electron chi connectivity index (χ3n) is 4.84. The lowest BCUT2D eigenvalue weighted by molar-refractivity contribution is -0.129. The summed E-state index contributed by atoms with van der Waals surface area (Å²) in [4.78, 5) is 24.3. The molecule has 0 unspecified atom stereocenters. The van der Waals surface area contributed by atoms with Crippen LogP contribution in [-0.4, -0.2) is 44.7 Å². The van der Waals surface area contributed by atoms with Crippen LogP contribution < -0.4 is 9.62 Å². The van der Waals surface area contributed by atoms with Crippen LogP contribution in [0.3, 0.4) is 0 Å². The van der Waals surface area contributed by atoms with E-state index < -0.39 is 22.1 Å². The van der Waals surface area contributed by atoms with Gasteiger partial charge >= 0.3 is 5.97 Å². The Hall–Kier alpha value is -2.09. The van der Waals surface area contributed by atoms with Crippen molar-refractivity contribution in [2.45, 2.75) is 51.2 Å². The minimum absolute atomic E-state index is 0.143. The van der Waals surface area contributed by atoms with E-state index in [0.717, 1.165) is 25.7 Å². The number of carbonyl (C=O) groups excluding carboxylic acids is 2. The van der Waals surface area contributed by atoms with E-state index in [-0.39, 0.29) is 23.3 Å². The van der Waals surface area contributed by atoms with Gasteiger partial charge in [0.1, 0.15) is 0 Å². The third-order valence-corrected chi connectivity index (χ3v) is 6.71. The van der Waals surface area contributed by atoms with Gasteiger partial charge in [0.15, 0.2) is 6.10 Å². The molecule has 142 valence electrons. The van der Waals surface area contributed by atoms with Gasteiger partial charge in [0, 0.05) is 12.6 Å². The molecular weight excluding hydrogens is 356 g/mol. The first-order valence-corrected chi connectivity index (χ1v) is 10.6. The van der Waals surface area contributed by atoms with E-state index >= 15 is 0 Å². The molecule has 1 saturated heterocycles. The van der Waals surface area contributed by atoms with Gasteiger partial charge in [0.25, 0.3) is 5.91 Å². The molecule has 7 nitrogen and oxygen atoms in total. The first-order chi connectivity index (χ1) is 12.4. The van der Waals surface area contributed by atoms with Crippen molar-refractivity contribution in [1.29, 1.82) is 0 Å². The van der Waals surface area contributed by atoms with Crippen molar-refractivity contribution in [3.8, 4) is 0 Å². The molecule has 1 aliphatic carbocycles. The molecule has 1 N–H and O–H groups in total. The first-order valence-electron chi connectivity index (χ1n) is 8.99. The van der Waals surface area contributed by atoms with Crippen LogP contribution in [0.15, 0.2) is 24.3 Å². The Labute approximate surface area is 153 Å². The predicted octanol–water partition coefficient (Wildman–Crippen LogP) is 1.83. The maximum Gasteiger partial charge on any atom is 0.338 e. The number of esters is 1. The van der Waals surface area contributed by atoms with Crippen molar-refractivity contribution < 1.29 is 22.7 Å². The quantitative estimate of drug-likeness (QED) is 0.787. The molecular formula is C18H24N2O5S. The van der Waals surface area contributed by atoms with Gasteiger partial charge in [0.05, 0.1) is 17.0 Å². The van der Waals surface area contributed by atoms with Crippen molar-refractivity contribution in [2.24, 2.45) is 0 Å². The third kappa shape index (κ3) is 4.17. The van der Waals surface area contributed by atoms with Crippen molar-refractivity contribution in [2.75, 3.05) is 16.6 Å². The van der Waals surface area contributed by atoms with Crippen molar-refractivity contribution in [3.63, 3.8) is 0 Å². The van der Waals surface area contributed by atoms with Gasteiger partial charge in [-0.3, -0.25) is 9.10 Å². The Morgan fingerprint density at radius 2 is 1.81 bits per heavy atom. The second-order valence-electron chi connectivity index (χ2n) is 6.83. The number of amides is 1. The second kappa shape index (κ2) is 7.65. The number of hydrogen-bond donors (Lipinski definition) is 1. The fraction of sp³-hybridized carbons (Fsp3) is 0.556. The predicted molar refractivity (Wildman–Crippen MR) is 97.5 cm³/mol. The average Bonchev–Trinajstić information content (AvgIpc) is 3.23. The lowest BCUT2D eigenvalue weighted by Crippen LogP contribution is -2.40. The van der Waals surface area contributed by atoms with Crippen molar-refractivity contribution >= 4 is 27.6 Å². The number of sulfonamides is 1. The lowest BCUT2D eigenvalue weighted by Gasteiger charge is -2.18. The summed E-state index contributed by atoms with van der Waals surface area (Å²) in [5.74, 6) is -0.746. The smallest absolute Gasteiger partial charge is 0.338 e. The van der Waals surface area contributed by atoms with Crippen LogP contribution >= 0.6 is 0 Å². The molecule has 1 atom stereocenters. The molecule has 3 rings (SSSR count). The van der Waals surface area contributed by atoms with Gasteiger partial charge < -0.3 is 10.1 Å². The fourth-order valence-corrected chi connectivity index (χ4v) is 4.93. The summed E-state index contributed by atoms with van der Waals surface area (Å²) >= 11 is 0. The summed E-state index contributed by atoms with van der Waals surface area (Å²) in [6, 6.07) is 6.39. The largest absolute Gasteiger partial charge is 0.449 e. The molecule has 1 saturated carbocycles. The molecule has 0 spiro atoms. The minimum Gasteiger partial charge on any atom is -0.449 e. The number of nitrogens with zero attached hydrogens (tertiary/aromatic N) is 1. The number of anilines is 1. The van der Waals surface area contributed by atoms with E-state index in [9.17, 15) is 18.0 Å². The van der Waals surface area contributed by atoms with Crippen LogP contribution in [0.4, 0.5) is 5.69 Å². The highest BCUT2D eigenvalue weighted by Crippen LogP contribution is 2.24. The van der Waals surface area contributed by atoms with Gasteiger partial charge in [-0.25, -0.2) is 13.2 Å². The second-order valence-corrected chi connectivity index (χ2v) is 8.84. The molecule has 0 radical (unpaired) electrons. The van der Waals surface area contributed by atoms with Crippen molar-refractivity contribution in [3.05, 3.63) is 29.8 Å². The molecule has 2 aliphatic rings. The molecule has 0 aromatic heterocycles. The normalized spacial score (nSPS) is 20.7. The maximum atomic E-state index is 12.2. The fourth-order valence-electron chi connectivity index (χ4n) is 3.36. The lowest BCUT2D eigenvalue weighted by atomic mass is 10.2. The molecule has 2 fully saturated rings. The van der Waals surface area contributed by atoms with Gasteiger partial charge in [-0.1, -0.05) is 12.8 Å². The molecule has 1 heterocycles. The number of ether oxygens (including phenoxy) is 1. The number of hydrogen-bond acceptors (Lipinski definition) is 5. The van der Waals surface area contributed by atoms with E-state index in [4.69, 9.17) is 4.74 Å². The molecule has 1 aliphatic heterocycles. The van der Waals surface area contributed by atoms with E-state index in [1.807, 2.05) is 0 Å². The van der Waals surface area contributed by atoms with Gasteiger partial charge in [-0.2, -0.15) is 0 Å². The Morgan fingerprint density at radius 3 is 2.38 bits per heavy atom. The summed E-state index contributed by atoms with van der Waals surface area (Å²) < 4.78 is 30.4. The zero-order valence-corrected chi connectivity index (χ0v) is 15.6.